The van der Waals surface area contributed by atoms with Crippen LogP contribution >= 0.6 is 0 Å². The molecule has 3 aliphatic rings. The van der Waals surface area contributed by atoms with E-state index in [0.29, 0.717) is 12.0 Å². The normalized spacial score (nSPS) is 37.4. The molecule has 1 aromatic rings. The lowest BCUT2D eigenvalue weighted by Gasteiger charge is -2.39. The number of benzene rings is 1. The molecule has 24 heavy (non-hydrogen) atoms. The summed E-state index contributed by atoms with van der Waals surface area (Å²) in [7, 11) is 0. The number of likely N-dealkylation sites (tertiary alicyclic amines) is 1. The Morgan fingerprint density at radius 3 is 2.92 bits per heavy atom. The van der Waals surface area contributed by atoms with Gasteiger partial charge in [-0.3, -0.25) is 4.90 Å². The maximum Gasteiger partial charge on any atom is 0.129 e. The van der Waals surface area contributed by atoms with E-state index in [1.165, 1.54) is 18.9 Å². The Hall–Kier alpha value is -1.08. The van der Waals surface area contributed by atoms with Crippen molar-refractivity contribution in [1.82, 2.24) is 10.2 Å². The molecule has 0 amide bonds. The first-order valence-corrected chi connectivity index (χ1v) is 8.83. The number of rotatable bonds is 2. The standard InChI is InChI=1S/C18H25F2N3O/c19-12-1-2-15(20)14(7-12)17-16(21)8-13(9-24-17)23-6-4-18(11-23)3-5-22-10-18/h1-2,7,13,16-17,22H,3-6,8-11,21H2/t13-,16+,17-,18?/m1/s1. The number of nitrogens with one attached hydrogen (secondary N) is 1. The minimum absolute atomic E-state index is 0.235. The van der Waals surface area contributed by atoms with Gasteiger partial charge in [0.2, 0.25) is 0 Å². The molecule has 6 heteroatoms. The van der Waals surface area contributed by atoms with Gasteiger partial charge in [0, 0.05) is 30.7 Å². The molecule has 1 aromatic carbocycles. The lowest BCUT2D eigenvalue weighted by Crippen LogP contribution is -2.49. The molecule has 0 radical (unpaired) electrons. The Balaban J connectivity index is 1.42. The molecule has 132 valence electrons. The maximum absolute atomic E-state index is 14.0. The highest BCUT2D eigenvalue weighted by Gasteiger charge is 2.44. The van der Waals surface area contributed by atoms with Crippen molar-refractivity contribution >= 4 is 0 Å². The van der Waals surface area contributed by atoms with E-state index in [9.17, 15) is 8.78 Å². The molecule has 1 unspecified atom stereocenters. The zero-order chi connectivity index (χ0) is 16.7. The van der Waals surface area contributed by atoms with E-state index in [1.807, 2.05) is 0 Å². The quantitative estimate of drug-likeness (QED) is 0.864. The SMILES string of the molecule is N[C@H]1C[C@@H](N2CCC3(CCNC3)C2)CO[C@@H]1c1cc(F)ccc1F. The van der Waals surface area contributed by atoms with Crippen LogP contribution in [0.25, 0.3) is 0 Å². The summed E-state index contributed by atoms with van der Waals surface area (Å²) in [6.07, 6.45) is 2.64. The predicted molar refractivity (Wildman–Crippen MR) is 87.5 cm³/mol. The molecule has 3 N–H and O–H groups in total. The third-order valence-corrected chi connectivity index (χ3v) is 5.98. The molecule has 3 fully saturated rings. The second kappa shape index (κ2) is 6.33. The van der Waals surface area contributed by atoms with Crippen LogP contribution in [-0.4, -0.2) is 49.8 Å². The molecule has 0 aromatic heterocycles. The van der Waals surface area contributed by atoms with Crippen LogP contribution in [0.3, 0.4) is 0 Å². The number of hydrogen-bond acceptors (Lipinski definition) is 4. The molecule has 3 heterocycles. The van der Waals surface area contributed by atoms with E-state index in [-0.39, 0.29) is 17.6 Å². The molecule has 0 bridgehead atoms. The first-order valence-electron chi connectivity index (χ1n) is 8.83. The average molecular weight is 337 g/mol. The van der Waals surface area contributed by atoms with Crippen LogP contribution in [0.4, 0.5) is 8.78 Å². The summed E-state index contributed by atoms with van der Waals surface area (Å²) >= 11 is 0. The lowest BCUT2D eigenvalue weighted by molar-refractivity contribution is -0.0487. The fourth-order valence-electron chi connectivity index (χ4n) is 4.58. The van der Waals surface area contributed by atoms with Crippen molar-refractivity contribution in [2.45, 2.75) is 37.5 Å². The van der Waals surface area contributed by atoms with E-state index in [4.69, 9.17) is 10.5 Å². The summed E-state index contributed by atoms with van der Waals surface area (Å²) in [5, 5.41) is 3.47. The van der Waals surface area contributed by atoms with Crippen molar-refractivity contribution in [2.24, 2.45) is 11.1 Å². The Morgan fingerprint density at radius 2 is 2.17 bits per heavy atom. The van der Waals surface area contributed by atoms with E-state index >= 15 is 0 Å². The van der Waals surface area contributed by atoms with Gasteiger partial charge in [-0.15, -0.1) is 0 Å². The third kappa shape index (κ3) is 2.96. The first kappa shape index (κ1) is 16.4. The molecular formula is C18H25F2N3O. The zero-order valence-corrected chi connectivity index (χ0v) is 13.8. The Morgan fingerprint density at radius 1 is 1.29 bits per heavy atom. The predicted octanol–water partition coefficient (Wildman–Crippen LogP) is 1.81. The minimum atomic E-state index is -0.568. The van der Waals surface area contributed by atoms with Gasteiger partial charge in [-0.25, -0.2) is 8.78 Å². The molecule has 4 nitrogen and oxygen atoms in total. The molecule has 4 rings (SSSR count). The van der Waals surface area contributed by atoms with Crippen molar-refractivity contribution in [3.63, 3.8) is 0 Å². The van der Waals surface area contributed by atoms with Crippen LogP contribution in [0.1, 0.15) is 30.9 Å². The minimum Gasteiger partial charge on any atom is -0.370 e. The van der Waals surface area contributed by atoms with Gasteiger partial charge >= 0.3 is 0 Å². The second-order valence-corrected chi connectivity index (χ2v) is 7.62. The van der Waals surface area contributed by atoms with Gasteiger partial charge in [0.15, 0.2) is 0 Å². The van der Waals surface area contributed by atoms with Crippen LogP contribution in [-0.2, 0) is 4.74 Å². The summed E-state index contributed by atoms with van der Waals surface area (Å²) in [4.78, 5) is 2.48. The van der Waals surface area contributed by atoms with Crippen LogP contribution in [0.15, 0.2) is 18.2 Å². The highest BCUT2D eigenvalue weighted by Crippen LogP contribution is 2.39. The number of nitrogens with two attached hydrogens (primary N) is 1. The summed E-state index contributed by atoms with van der Waals surface area (Å²) < 4.78 is 33.3. The molecule has 4 atom stereocenters. The highest BCUT2D eigenvalue weighted by molar-refractivity contribution is 5.23. The second-order valence-electron chi connectivity index (χ2n) is 7.62. The highest BCUT2D eigenvalue weighted by atomic mass is 19.1. The summed E-state index contributed by atoms with van der Waals surface area (Å²) in [6, 6.07) is 3.42. The van der Waals surface area contributed by atoms with Crippen molar-refractivity contribution < 1.29 is 13.5 Å². The van der Waals surface area contributed by atoms with Crippen molar-refractivity contribution in [3.05, 3.63) is 35.4 Å². The van der Waals surface area contributed by atoms with Crippen molar-refractivity contribution in [1.29, 1.82) is 0 Å². The molecule has 3 aliphatic heterocycles. The monoisotopic (exact) mass is 337 g/mol. The summed E-state index contributed by atoms with van der Waals surface area (Å²) in [5.41, 5.74) is 6.93. The molecule has 0 aliphatic carbocycles. The number of halogens is 2. The van der Waals surface area contributed by atoms with Crippen LogP contribution in [0.5, 0.6) is 0 Å². The molecule has 3 saturated heterocycles. The van der Waals surface area contributed by atoms with Gasteiger partial charge in [0.25, 0.3) is 0 Å². The van der Waals surface area contributed by atoms with E-state index < -0.39 is 17.7 Å². The smallest absolute Gasteiger partial charge is 0.129 e. The van der Waals surface area contributed by atoms with Gasteiger partial charge in [-0.2, -0.15) is 0 Å². The van der Waals surface area contributed by atoms with Crippen LogP contribution < -0.4 is 11.1 Å². The number of ether oxygens (including phenoxy) is 1. The van der Waals surface area contributed by atoms with Gasteiger partial charge in [-0.1, -0.05) is 0 Å². The Kier molecular flexibility index (Phi) is 4.33. The van der Waals surface area contributed by atoms with Crippen LogP contribution in [0.2, 0.25) is 0 Å². The van der Waals surface area contributed by atoms with E-state index in [2.05, 4.69) is 10.2 Å². The maximum atomic E-state index is 14.0. The Bertz CT molecular complexity index is 606. The van der Waals surface area contributed by atoms with Gasteiger partial charge in [-0.05, 0) is 56.0 Å². The number of nitrogens with zero attached hydrogens (tertiary/aromatic N) is 1. The van der Waals surface area contributed by atoms with Crippen molar-refractivity contribution in [2.75, 3.05) is 32.8 Å². The van der Waals surface area contributed by atoms with Crippen molar-refractivity contribution in [3.8, 4) is 0 Å². The lowest BCUT2D eigenvalue weighted by atomic mass is 9.86. The van der Waals surface area contributed by atoms with Gasteiger partial charge < -0.3 is 15.8 Å². The van der Waals surface area contributed by atoms with Gasteiger partial charge in [0.1, 0.15) is 17.7 Å². The topological polar surface area (TPSA) is 50.5 Å². The number of hydrogen-bond donors (Lipinski definition) is 2. The van der Waals surface area contributed by atoms with Gasteiger partial charge in [0.05, 0.1) is 6.61 Å². The third-order valence-electron chi connectivity index (χ3n) is 5.98. The van der Waals surface area contributed by atoms with E-state index in [1.54, 1.807) is 0 Å². The molecule has 1 spiro atoms. The summed E-state index contributed by atoms with van der Waals surface area (Å²) in [6.45, 7) is 4.88. The Labute approximate surface area is 141 Å². The molecule has 0 saturated carbocycles. The fraction of sp³-hybridized carbons (Fsp3) is 0.667. The largest absolute Gasteiger partial charge is 0.370 e. The summed E-state index contributed by atoms with van der Waals surface area (Å²) in [5.74, 6) is -0.910. The van der Waals surface area contributed by atoms with Crippen LogP contribution in [0, 0.1) is 17.0 Å². The zero-order valence-electron chi connectivity index (χ0n) is 13.8. The molecular weight excluding hydrogens is 312 g/mol. The average Bonchev–Trinajstić information content (AvgIpc) is 3.20. The first-order chi connectivity index (χ1) is 11.6. The fourth-order valence-corrected chi connectivity index (χ4v) is 4.58. The van der Waals surface area contributed by atoms with E-state index in [0.717, 1.165) is 44.7 Å².